The molecule has 0 radical (unpaired) electrons. The van der Waals surface area contributed by atoms with Crippen LogP contribution >= 0.6 is 0 Å². The van der Waals surface area contributed by atoms with Crippen LogP contribution in [0.25, 0.3) is 11.4 Å². The van der Waals surface area contributed by atoms with Gasteiger partial charge in [-0.15, -0.1) is 0 Å². The summed E-state index contributed by atoms with van der Waals surface area (Å²) >= 11 is 0. The fourth-order valence-electron chi connectivity index (χ4n) is 2.99. The zero-order valence-corrected chi connectivity index (χ0v) is 14.4. The summed E-state index contributed by atoms with van der Waals surface area (Å²) in [7, 11) is 0. The Hall–Kier alpha value is -3.04. The largest absolute Gasteiger partial charge is 0.390 e. The molecule has 3 rings (SSSR count). The van der Waals surface area contributed by atoms with Gasteiger partial charge in [0.15, 0.2) is 5.82 Å². The standard InChI is InChI=1S/C17H21N7O2/c1-2-12(14-21-16(18)23-17(19)22-14)24-13(9-26)11(8-25)20-15(24)10-6-4-3-5-7-10/h3-7,12,25-26H,2,8-9H2,1H3,(H4,18,19,21,22,23). The van der Waals surface area contributed by atoms with Crippen molar-refractivity contribution in [2.75, 3.05) is 11.5 Å². The Balaban J connectivity index is 2.25. The van der Waals surface area contributed by atoms with Crippen molar-refractivity contribution in [2.45, 2.75) is 32.6 Å². The van der Waals surface area contributed by atoms with Crippen molar-refractivity contribution in [1.82, 2.24) is 24.5 Å². The van der Waals surface area contributed by atoms with Gasteiger partial charge in [-0.3, -0.25) is 0 Å². The third kappa shape index (κ3) is 3.22. The van der Waals surface area contributed by atoms with Gasteiger partial charge in [0.25, 0.3) is 0 Å². The van der Waals surface area contributed by atoms with E-state index < -0.39 is 0 Å². The number of nitrogens with two attached hydrogens (primary N) is 2. The van der Waals surface area contributed by atoms with E-state index >= 15 is 0 Å². The lowest BCUT2D eigenvalue weighted by atomic mass is 10.1. The lowest BCUT2D eigenvalue weighted by Crippen LogP contribution is -2.19. The van der Waals surface area contributed by atoms with Gasteiger partial charge in [0.2, 0.25) is 11.9 Å². The average molecular weight is 355 g/mol. The highest BCUT2D eigenvalue weighted by molar-refractivity contribution is 5.57. The predicted molar refractivity (Wildman–Crippen MR) is 96.6 cm³/mol. The van der Waals surface area contributed by atoms with Crippen molar-refractivity contribution in [3.8, 4) is 11.4 Å². The van der Waals surface area contributed by atoms with E-state index in [1.54, 1.807) is 0 Å². The first-order valence-corrected chi connectivity index (χ1v) is 8.23. The van der Waals surface area contributed by atoms with Gasteiger partial charge in [-0.05, 0) is 6.42 Å². The molecular formula is C17H21N7O2. The molecule has 2 heterocycles. The number of aliphatic hydroxyl groups is 2. The highest BCUT2D eigenvalue weighted by Gasteiger charge is 2.26. The molecule has 9 heteroatoms. The second-order valence-electron chi connectivity index (χ2n) is 5.72. The Bertz CT molecular complexity index is 875. The molecule has 3 aromatic rings. The van der Waals surface area contributed by atoms with E-state index in [0.717, 1.165) is 5.56 Å². The molecule has 1 atom stereocenters. The van der Waals surface area contributed by atoms with Crippen LogP contribution in [0.1, 0.15) is 36.6 Å². The second kappa shape index (κ2) is 7.46. The minimum Gasteiger partial charge on any atom is -0.390 e. The van der Waals surface area contributed by atoms with Crippen molar-refractivity contribution in [3.63, 3.8) is 0 Å². The zero-order valence-electron chi connectivity index (χ0n) is 14.4. The summed E-state index contributed by atoms with van der Waals surface area (Å²) < 4.78 is 1.83. The van der Waals surface area contributed by atoms with Crippen LogP contribution < -0.4 is 11.5 Å². The van der Waals surface area contributed by atoms with E-state index in [9.17, 15) is 10.2 Å². The molecule has 1 aromatic carbocycles. The van der Waals surface area contributed by atoms with E-state index in [1.807, 2.05) is 41.8 Å². The van der Waals surface area contributed by atoms with Gasteiger partial charge in [-0.1, -0.05) is 37.3 Å². The van der Waals surface area contributed by atoms with Gasteiger partial charge in [-0.25, -0.2) is 4.98 Å². The number of imidazole rings is 1. The van der Waals surface area contributed by atoms with Gasteiger partial charge >= 0.3 is 0 Å². The number of aliphatic hydroxyl groups excluding tert-OH is 2. The van der Waals surface area contributed by atoms with Crippen LogP contribution in [0.2, 0.25) is 0 Å². The molecule has 136 valence electrons. The quantitative estimate of drug-likeness (QED) is 0.509. The lowest BCUT2D eigenvalue weighted by molar-refractivity contribution is 0.248. The summed E-state index contributed by atoms with van der Waals surface area (Å²) in [5, 5.41) is 19.6. The molecule has 26 heavy (non-hydrogen) atoms. The maximum absolute atomic E-state index is 9.92. The number of aromatic nitrogens is 5. The molecule has 0 bridgehead atoms. The van der Waals surface area contributed by atoms with Crippen LogP contribution in [0.15, 0.2) is 30.3 Å². The van der Waals surface area contributed by atoms with Crippen LogP contribution in [0.5, 0.6) is 0 Å². The fraction of sp³-hybridized carbons (Fsp3) is 0.294. The van der Waals surface area contributed by atoms with E-state index in [0.29, 0.717) is 29.5 Å². The van der Waals surface area contributed by atoms with Crippen LogP contribution in [0.4, 0.5) is 11.9 Å². The first-order valence-electron chi connectivity index (χ1n) is 8.23. The fourth-order valence-corrected chi connectivity index (χ4v) is 2.99. The lowest BCUT2D eigenvalue weighted by Gasteiger charge is -2.21. The van der Waals surface area contributed by atoms with Gasteiger partial charge in [0, 0.05) is 5.56 Å². The monoisotopic (exact) mass is 355 g/mol. The molecule has 0 aliphatic rings. The number of benzene rings is 1. The molecule has 0 saturated carbocycles. The number of anilines is 2. The topological polar surface area (TPSA) is 149 Å². The van der Waals surface area contributed by atoms with Gasteiger partial charge in [0.05, 0.1) is 30.6 Å². The minimum absolute atomic E-state index is 0.0280. The normalized spacial score (nSPS) is 12.3. The van der Waals surface area contributed by atoms with Crippen LogP contribution in [0.3, 0.4) is 0 Å². The summed E-state index contributed by atoms with van der Waals surface area (Å²) in [5.41, 5.74) is 13.2. The van der Waals surface area contributed by atoms with Crippen LogP contribution in [0, 0.1) is 0 Å². The molecule has 6 N–H and O–H groups in total. The summed E-state index contributed by atoms with van der Waals surface area (Å²) in [5.74, 6) is 1.04. The van der Waals surface area contributed by atoms with Crippen LogP contribution in [-0.2, 0) is 13.2 Å². The van der Waals surface area contributed by atoms with Crippen molar-refractivity contribution >= 4 is 11.9 Å². The SMILES string of the molecule is CCC(c1nc(N)nc(N)n1)n1c(-c2ccccc2)nc(CO)c1CO. The van der Waals surface area contributed by atoms with Crippen LogP contribution in [-0.4, -0.2) is 34.7 Å². The van der Waals surface area contributed by atoms with E-state index in [4.69, 9.17) is 11.5 Å². The summed E-state index contributed by atoms with van der Waals surface area (Å²) in [6.07, 6.45) is 0.594. The van der Waals surface area contributed by atoms with Gasteiger partial charge < -0.3 is 26.2 Å². The highest BCUT2D eigenvalue weighted by Crippen LogP contribution is 2.31. The first kappa shape index (κ1) is 17.8. The molecule has 2 aromatic heterocycles. The minimum atomic E-state index is -0.382. The molecule has 0 fully saturated rings. The highest BCUT2D eigenvalue weighted by atomic mass is 16.3. The number of hydrogen-bond donors (Lipinski definition) is 4. The van der Waals surface area contributed by atoms with Crippen molar-refractivity contribution in [3.05, 3.63) is 47.5 Å². The number of nitrogens with zero attached hydrogens (tertiary/aromatic N) is 5. The molecule has 9 nitrogen and oxygen atoms in total. The predicted octanol–water partition coefficient (Wildman–Crippen LogP) is 0.883. The third-order valence-corrected chi connectivity index (χ3v) is 4.11. The Labute approximate surface area is 150 Å². The first-order chi connectivity index (χ1) is 12.6. The number of rotatable bonds is 6. The molecule has 1 unspecified atom stereocenters. The maximum Gasteiger partial charge on any atom is 0.225 e. The Morgan fingerprint density at radius 1 is 0.962 bits per heavy atom. The molecule has 0 aliphatic heterocycles. The summed E-state index contributed by atoms with van der Waals surface area (Å²) in [6, 6.07) is 9.12. The number of nitrogen functional groups attached to an aromatic ring is 2. The Morgan fingerprint density at radius 2 is 1.62 bits per heavy atom. The molecular weight excluding hydrogens is 334 g/mol. The maximum atomic E-state index is 9.92. The second-order valence-corrected chi connectivity index (χ2v) is 5.72. The Morgan fingerprint density at radius 3 is 2.15 bits per heavy atom. The average Bonchev–Trinajstić information content (AvgIpc) is 3.01. The smallest absolute Gasteiger partial charge is 0.225 e. The van der Waals surface area contributed by atoms with E-state index in [2.05, 4.69) is 19.9 Å². The summed E-state index contributed by atoms with van der Waals surface area (Å²) in [4.78, 5) is 16.8. The van der Waals surface area contributed by atoms with E-state index in [1.165, 1.54) is 0 Å². The zero-order chi connectivity index (χ0) is 18.7. The van der Waals surface area contributed by atoms with Gasteiger partial charge in [0.1, 0.15) is 5.82 Å². The van der Waals surface area contributed by atoms with Gasteiger partial charge in [-0.2, -0.15) is 15.0 Å². The molecule has 0 aliphatic carbocycles. The third-order valence-electron chi connectivity index (χ3n) is 4.11. The summed E-state index contributed by atoms with van der Waals surface area (Å²) in [6.45, 7) is 1.37. The van der Waals surface area contributed by atoms with Crippen molar-refractivity contribution in [1.29, 1.82) is 0 Å². The number of hydrogen-bond acceptors (Lipinski definition) is 8. The van der Waals surface area contributed by atoms with Crippen molar-refractivity contribution < 1.29 is 10.2 Å². The Kier molecular flexibility index (Phi) is 5.10. The van der Waals surface area contributed by atoms with E-state index in [-0.39, 0.29) is 31.2 Å². The molecule has 0 saturated heterocycles. The molecule has 0 spiro atoms. The molecule has 0 amide bonds. The van der Waals surface area contributed by atoms with Crippen molar-refractivity contribution in [2.24, 2.45) is 0 Å².